The first-order valence-electron chi connectivity index (χ1n) is 12.6. The van der Waals surface area contributed by atoms with Crippen LogP contribution in [0.4, 0.5) is 17.2 Å². The van der Waals surface area contributed by atoms with Gasteiger partial charge in [-0.3, -0.25) is 4.79 Å². The number of hydrogen-bond donors (Lipinski definition) is 4. The standard InChI is InChI=1S/C29H32N6O2/c1-20(37)33-23-8-4-7-22(16-23)31-13-5-9-24-18-32-28(26(19-36)34-24)35-14-11-29(12-15-35)17-21-6-2-3-10-25(21)27(29)30/h2-4,6-8,10,16,18,27,31,36H,11-15,17,19,30H2,1H3,(H,33,37). The molecule has 2 aromatic carbocycles. The quantitative estimate of drug-likeness (QED) is 0.401. The molecule has 37 heavy (non-hydrogen) atoms. The van der Waals surface area contributed by atoms with Gasteiger partial charge in [0.25, 0.3) is 0 Å². The van der Waals surface area contributed by atoms with E-state index in [0.29, 0.717) is 17.9 Å². The molecule has 1 spiro atoms. The molecule has 1 amide bonds. The van der Waals surface area contributed by atoms with Crippen molar-refractivity contribution < 1.29 is 9.90 Å². The summed E-state index contributed by atoms with van der Waals surface area (Å²) in [4.78, 5) is 22.6. The lowest BCUT2D eigenvalue weighted by molar-refractivity contribution is -0.114. The number of rotatable bonds is 5. The number of benzene rings is 2. The van der Waals surface area contributed by atoms with Crippen molar-refractivity contribution in [1.29, 1.82) is 0 Å². The van der Waals surface area contributed by atoms with Crippen LogP contribution in [0.15, 0.2) is 54.7 Å². The van der Waals surface area contributed by atoms with Gasteiger partial charge in [-0.2, -0.15) is 0 Å². The second-order valence-corrected chi connectivity index (χ2v) is 9.80. The first-order valence-corrected chi connectivity index (χ1v) is 12.6. The predicted octanol–water partition coefficient (Wildman–Crippen LogP) is 3.23. The number of aliphatic hydroxyl groups excluding tert-OH is 1. The van der Waals surface area contributed by atoms with Gasteiger partial charge in [-0.25, -0.2) is 9.97 Å². The fourth-order valence-corrected chi connectivity index (χ4v) is 5.51. The summed E-state index contributed by atoms with van der Waals surface area (Å²) >= 11 is 0. The number of nitrogens with zero attached hydrogens (tertiary/aromatic N) is 3. The first kappa shape index (κ1) is 24.8. The Balaban J connectivity index is 1.21. The number of fused-ring (bicyclic) bond motifs is 1. The van der Waals surface area contributed by atoms with Crippen LogP contribution in [-0.2, 0) is 17.8 Å². The second-order valence-electron chi connectivity index (χ2n) is 9.80. The molecule has 1 atom stereocenters. The maximum Gasteiger partial charge on any atom is 0.221 e. The van der Waals surface area contributed by atoms with Crippen molar-refractivity contribution in [3.8, 4) is 11.8 Å². The topological polar surface area (TPSA) is 116 Å². The first-order chi connectivity index (χ1) is 18.0. The summed E-state index contributed by atoms with van der Waals surface area (Å²) < 4.78 is 0. The molecular weight excluding hydrogens is 464 g/mol. The van der Waals surface area contributed by atoms with Gasteiger partial charge in [-0.05, 0) is 59.9 Å². The third-order valence-corrected chi connectivity index (χ3v) is 7.40. The van der Waals surface area contributed by atoms with Crippen LogP contribution in [0.1, 0.15) is 48.3 Å². The molecular formula is C29H32N6O2. The molecule has 190 valence electrons. The molecule has 2 aliphatic rings. The second kappa shape index (κ2) is 10.6. The van der Waals surface area contributed by atoms with Gasteiger partial charge < -0.3 is 26.4 Å². The highest BCUT2D eigenvalue weighted by Crippen LogP contribution is 2.50. The molecule has 5 N–H and O–H groups in total. The van der Waals surface area contributed by atoms with Crippen molar-refractivity contribution in [3.05, 3.63) is 77.2 Å². The number of hydrogen-bond acceptors (Lipinski definition) is 7. The zero-order valence-electron chi connectivity index (χ0n) is 21.0. The Morgan fingerprint density at radius 3 is 2.73 bits per heavy atom. The number of aliphatic hydroxyl groups is 1. The molecule has 1 unspecified atom stereocenters. The molecule has 1 aliphatic carbocycles. The lowest BCUT2D eigenvalue weighted by Crippen LogP contribution is -2.45. The third kappa shape index (κ3) is 5.29. The van der Waals surface area contributed by atoms with E-state index in [2.05, 4.69) is 61.6 Å². The van der Waals surface area contributed by atoms with Crippen LogP contribution in [0, 0.1) is 17.3 Å². The predicted molar refractivity (Wildman–Crippen MR) is 145 cm³/mol. The molecule has 2 heterocycles. The maximum absolute atomic E-state index is 11.2. The Bertz CT molecular complexity index is 1350. The van der Waals surface area contributed by atoms with E-state index in [0.717, 1.165) is 49.5 Å². The molecule has 8 heteroatoms. The summed E-state index contributed by atoms with van der Waals surface area (Å²) in [5, 5.41) is 16.0. The van der Waals surface area contributed by atoms with E-state index in [-0.39, 0.29) is 24.0 Å². The molecule has 8 nitrogen and oxygen atoms in total. The number of amides is 1. The normalized spacial score (nSPS) is 17.6. The summed E-state index contributed by atoms with van der Waals surface area (Å²) in [6, 6.07) is 16.0. The van der Waals surface area contributed by atoms with Crippen LogP contribution in [0.5, 0.6) is 0 Å². The Labute approximate surface area is 217 Å². The molecule has 1 fully saturated rings. The fraction of sp³-hybridized carbons (Fsp3) is 0.345. The monoisotopic (exact) mass is 496 g/mol. The van der Waals surface area contributed by atoms with Crippen LogP contribution < -0.4 is 21.3 Å². The highest BCUT2D eigenvalue weighted by atomic mass is 16.3. The van der Waals surface area contributed by atoms with Crippen LogP contribution in [0.25, 0.3) is 0 Å². The van der Waals surface area contributed by atoms with Crippen molar-refractivity contribution >= 4 is 23.1 Å². The van der Waals surface area contributed by atoms with Gasteiger partial charge in [0.2, 0.25) is 5.91 Å². The minimum Gasteiger partial charge on any atom is -0.390 e. The average molecular weight is 497 g/mol. The molecule has 0 bridgehead atoms. The van der Waals surface area contributed by atoms with Crippen LogP contribution in [-0.4, -0.2) is 40.6 Å². The Morgan fingerprint density at radius 2 is 1.97 bits per heavy atom. The molecule has 5 rings (SSSR count). The van der Waals surface area contributed by atoms with E-state index < -0.39 is 0 Å². The Morgan fingerprint density at radius 1 is 1.19 bits per heavy atom. The van der Waals surface area contributed by atoms with Crippen molar-refractivity contribution in [2.45, 2.75) is 38.8 Å². The highest BCUT2D eigenvalue weighted by Gasteiger charge is 2.46. The zero-order chi connectivity index (χ0) is 25.8. The van der Waals surface area contributed by atoms with Crippen molar-refractivity contribution in [1.82, 2.24) is 9.97 Å². The van der Waals surface area contributed by atoms with Gasteiger partial charge >= 0.3 is 0 Å². The van der Waals surface area contributed by atoms with Gasteiger partial charge in [0.1, 0.15) is 11.4 Å². The van der Waals surface area contributed by atoms with Crippen molar-refractivity contribution in [2.75, 3.05) is 35.2 Å². The lowest BCUT2D eigenvalue weighted by atomic mass is 9.73. The lowest BCUT2D eigenvalue weighted by Gasteiger charge is -2.42. The molecule has 0 saturated carbocycles. The van der Waals surface area contributed by atoms with Gasteiger partial charge in [0.15, 0.2) is 5.82 Å². The Kier molecular flexibility index (Phi) is 7.08. The van der Waals surface area contributed by atoms with Gasteiger partial charge in [0, 0.05) is 37.4 Å². The van der Waals surface area contributed by atoms with Crippen molar-refractivity contribution in [3.63, 3.8) is 0 Å². The number of nitrogens with one attached hydrogen (secondary N) is 2. The summed E-state index contributed by atoms with van der Waals surface area (Å²) in [5.41, 5.74) is 12.1. The maximum atomic E-state index is 11.2. The number of aromatic nitrogens is 2. The van der Waals surface area contributed by atoms with Gasteiger partial charge in [-0.1, -0.05) is 36.3 Å². The van der Waals surface area contributed by atoms with E-state index >= 15 is 0 Å². The number of nitrogens with two attached hydrogens (primary N) is 1. The van der Waals surface area contributed by atoms with E-state index in [1.54, 1.807) is 6.20 Å². The number of piperidine rings is 1. The highest BCUT2D eigenvalue weighted by molar-refractivity contribution is 5.89. The van der Waals surface area contributed by atoms with Crippen LogP contribution in [0.3, 0.4) is 0 Å². The molecule has 1 saturated heterocycles. The molecule has 3 aromatic rings. The SMILES string of the molecule is CC(=O)Nc1cccc(NCC#Cc2cnc(N3CCC4(CC3)Cc3ccccc3C4N)c(CO)n2)c1. The minimum absolute atomic E-state index is 0.0633. The van der Waals surface area contributed by atoms with E-state index in [9.17, 15) is 9.90 Å². The molecule has 0 radical (unpaired) electrons. The summed E-state index contributed by atoms with van der Waals surface area (Å²) in [6.45, 7) is 3.34. The van der Waals surface area contributed by atoms with E-state index in [4.69, 9.17) is 5.73 Å². The summed E-state index contributed by atoms with van der Waals surface area (Å²) in [6.07, 6.45) is 4.65. The van der Waals surface area contributed by atoms with Crippen LogP contribution >= 0.6 is 0 Å². The van der Waals surface area contributed by atoms with E-state index in [1.807, 2.05) is 24.3 Å². The average Bonchev–Trinajstić information content (AvgIpc) is 3.18. The molecule has 1 aromatic heterocycles. The summed E-state index contributed by atoms with van der Waals surface area (Å²) in [5.74, 6) is 6.67. The minimum atomic E-state index is -0.196. The van der Waals surface area contributed by atoms with Crippen LogP contribution in [0.2, 0.25) is 0 Å². The number of carbonyl (C=O) groups is 1. The Hall–Kier alpha value is -3.93. The van der Waals surface area contributed by atoms with E-state index in [1.165, 1.54) is 18.1 Å². The number of anilines is 3. The zero-order valence-corrected chi connectivity index (χ0v) is 21.0. The molecule has 1 aliphatic heterocycles. The largest absolute Gasteiger partial charge is 0.390 e. The fourth-order valence-electron chi connectivity index (χ4n) is 5.51. The summed E-state index contributed by atoms with van der Waals surface area (Å²) in [7, 11) is 0. The van der Waals surface area contributed by atoms with Gasteiger partial charge in [-0.15, -0.1) is 0 Å². The number of carbonyl (C=O) groups excluding carboxylic acids is 1. The third-order valence-electron chi connectivity index (χ3n) is 7.40. The smallest absolute Gasteiger partial charge is 0.221 e. The van der Waals surface area contributed by atoms with Gasteiger partial charge in [0.05, 0.1) is 19.3 Å². The van der Waals surface area contributed by atoms with Crippen molar-refractivity contribution in [2.24, 2.45) is 11.1 Å².